The number of benzene rings is 1. The molecule has 2 aliphatic heterocycles. The number of carbonyl (C=O) groups excluding carboxylic acids is 3. The van der Waals surface area contributed by atoms with E-state index in [1.807, 2.05) is 18.2 Å². The number of rotatable bonds is 4. The van der Waals surface area contributed by atoms with Gasteiger partial charge >= 0.3 is 0 Å². The van der Waals surface area contributed by atoms with Gasteiger partial charge < -0.3 is 16.0 Å². The number of amides is 3. The molecule has 3 atom stereocenters. The largest absolute Gasteiger partial charge is 0.328 e. The molecule has 0 spiro atoms. The second-order valence-corrected chi connectivity index (χ2v) is 7.54. The Hall–Kier alpha value is -2.25. The minimum atomic E-state index is -0.561. The van der Waals surface area contributed by atoms with Gasteiger partial charge in [0, 0.05) is 37.2 Å². The summed E-state index contributed by atoms with van der Waals surface area (Å²) < 4.78 is 0. The molecule has 4 N–H and O–H groups in total. The molecule has 0 aromatic heterocycles. The zero-order valence-corrected chi connectivity index (χ0v) is 14.7. The summed E-state index contributed by atoms with van der Waals surface area (Å²) >= 11 is 0. The Bertz CT molecular complexity index is 763. The van der Waals surface area contributed by atoms with E-state index in [0.717, 1.165) is 36.9 Å². The van der Waals surface area contributed by atoms with E-state index in [4.69, 9.17) is 5.73 Å². The Morgan fingerprint density at radius 1 is 1.19 bits per heavy atom. The van der Waals surface area contributed by atoms with Crippen LogP contribution in [0.3, 0.4) is 0 Å². The van der Waals surface area contributed by atoms with E-state index >= 15 is 0 Å². The SMILES string of the molecule is N[C@@H]1CC[C@H](NCc2ccc3c(c2)CN(C2CCC(=O)NC2=O)C3=O)C1. The third-order valence-corrected chi connectivity index (χ3v) is 5.66. The molecule has 1 aliphatic carbocycles. The van der Waals surface area contributed by atoms with Gasteiger partial charge in [0.2, 0.25) is 11.8 Å². The number of piperidine rings is 1. The zero-order valence-electron chi connectivity index (χ0n) is 14.7. The van der Waals surface area contributed by atoms with Crippen molar-refractivity contribution < 1.29 is 14.4 Å². The fraction of sp³-hybridized carbons (Fsp3) is 0.526. The van der Waals surface area contributed by atoms with Crippen LogP contribution in [0.4, 0.5) is 0 Å². The highest BCUT2D eigenvalue weighted by molar-refractivity contribution is 6.05. The molecule has 3 amide bonds. The van der Waals surface area contributed by atoms with E-state index in [2.05, 4.69) is 10.6 Å². The number of nitrogens with two attached hydrogens (primary N) is 1. The average Bonchev–Trinajstić information content (AvgIpc) is 3.16. The molecule has 0 bridgehead atoms. The van der Waals surface area contributed by atoms with Gasteiger partial charge in [-0.2, -0.15) is 0 Å². The second-order valence-electron chi connectivity index (χ2n) is 7.54. The molecule has 26 heavy (non-hydrogen) atoms. The molecule has 1 saturated carbocycles. The average molecular weight is 356 g/mol. The molecule has 1 aromatic rings. The molecule has 138 valence electrons. The van der Waals surface area contributed by atoms with Gasteiger partial charge in [0.15, 0.2) is 0 Å². The molecule has 1 aromatic carbocycles. The van der Waals surface area contributed by atoms with Gasteiger partial charge in [-0.15, -0.1) is 0 Å². The van der Waals surface area contributed by atoms with Gasteiger partial charge in [0.1, 0.15) is 6.04 Å². The van der Waals surface area contributed by atoms with E-state index in [9.17, 15) is 14.4 Å². The van der Waals surface area contributed by atoms with Crippen LogP contribution in [0.25, 0.3) is 0 Å². The summed E-state index contributed by atoms with van der Waals surface area (Å²) in [6, 6.07) is 6.05. The fourth-order valence-corrected chi connectivity index (χ4v) is 4.20. The van der Waals surface area contributed by atoms with Crippen molar-refractivity contribution in [3.05, 3.63) is 34.9 Å². The summed E-state index contributed by atoms with van der Waals surface area (Å²) in [4.78, 5) is 37.7. The van der Waals surface area contributed by atoms with E-state index in [-0.39, 0.29) is 24.1 Å². The first-order chi connectivity index (χ1) is 12.5. The molecule has 1 saturated heterocycles. The van der Waals surface area contributed by atoms with Crippen molar-refractivity contribution in [3.8, 4) is 0 Å². The molecule has 3 aliphatic rings. The smallest absolute Gasteiger partial charge is 0.255 e. The lowest BCUT2D eigenvalue weighted by molar-refractivity contribution is -0.136. The Morgan fingerprint density at radius 2 is 2.04 bits per heavy atom. The topological polar surface area (TPSA) is 105 Å². The summed E-state index contributed by atoms with van der Waals surface area (Å²) in [6.07, 6.45) is 3.84. The first-order valence-electron chi connectivity index (χ1n) is 9.26. The zero-order chi connectivity index (χ0) is 18.3. The molecule has 4 rings (SSSR count). The van der Waals surface area contributed by atoms with Crippen molar-refractivity contribution in [3.63, 3.8) is 0 Å². The van der Waals surface area contributed by atoms with Crippen LogP contribution in [0.5, 0.6) is 0 Å². The molecule has 0 radical (unpaired) electrons. The summed E-state index contributed by atoms with van der Waals surface area (Å²) in [7, 11) is 0. The maximum atomic E-state index is 12.7. The molecule has 2 heterocycles. The van der Waals surface area contributed by atoms with Crippen LogP contribution in [0, 0.1) is 0 Å². The predicted molar refractivity (Wildman–Crippen MR) is 94.9 cm³/mol. The van der Waals surface area contributed by atoms with E-state index in [0.29, 0.717) is 30.6 Å². The standard InChI is InChI=1S/C19H24N4O3/c20-13-2-3-14(8-13)21-9-11-1-4-15-12(7-11)10-23(19(15)26)16-5-6-17(24)22-18(16)25/h1,4,7,13-14,16,21H,2-3,5-6,8-10,20H2,(H,22,24,25)/t13-,14+,16?/m1/s1. The molecule has 7 nitrogen and oxygen atoms in total. The van der Waals surface area contributed by atoms with Crippen LogP contribution in [0.15, 0.2) is 18.2 Å². The van der Waals surface area contributed by atoms with Gasteiger partial charge in [0.25, 0.3) is 5.91 Å². The highest BCUT2D eigenvalue weighted by Crippen LogP contribution is 2.28. The summed E-state index contributed by atoms with van der Waals surface area (Å²) in [5.74, 6) is -0.770. The third kappa shape index (κ3) is 3.24. The summed E-state index contributed by atoms with van der Waals surface area (Å²) in [5, 5.41) is 5.87. The monoisotopic (exact) mass is 356 g/mol. The highest BCUT2D eigenvalue weighted by atomic mass is 16.2. The Morgan fingerprint density at radius 3 is 2.77 bits per heavy atom. The normalized spacial score (nSPS) is 28.4. The molecule has 7 heteroatoms. The number of nitrogens with zero attached hydrogens (tertiary/aromatic N) is 1. The van der Waals surface area contributed by atoms with Crippen LogP contribution in [0.2, 0.25) is 0 Å². The molecule has 1 unspecified atom stereocenters. The number of hydrogen-bond acceptors (Lipinski definition) is 5. The van der Waals surface area contributed by atoms with Crippen LogP contribution >= 0.6 is 0 Å². The van der Waals surface area contributed by atoms with Crippen LogP contribution in [0.1, 0.15) is 53.6 Å². The first kappa shape index (κ1) is 17.2. The van der Waals surface area contributed by atoms with Crippen LogP contribution in [-0.2, 0) is 22.7 Å². The second kappa shape index (κ2) is 6.81. The van der Waals surface area contributed by atoms with Gasteiger partial charge in [-0.1, -0.05) is 12.1 Å². The molecular formula is C19H24N4O3. The van der Waals surface area contributed by atoms with Crippen molar-refractivity contribution in [2.75, 3.05) is 0 Å². The van der Waals surface area contributed by atoms with Gasteiger partial charge in [0.05, 0.1) is 0 Å². The number of fused-ring (bicyclic) bond motifs is 1. The fourth-order valence-electron chi connectivity index (χ4n) is 4.20. The Kier molecular flexibility index (Phi) is 4.50. The van der Waals surface area contributed by atoms with Crippen LogP contribution < -0.4 is 16.4 Å². The number of carbonyl (C=O) groups is 3. The van der Waals surface area contributed by atoms with Crippen molar-refractivity contribution in [2.45, 2.75) is 63.3 Å². The van der Waals surface area contributed by atoms with Crippen molar-refractivity contribution in [1.82, 2.24) is 15.5 Å². The Balaban J connectivity index is 1.43. The van der Waals surface area contributed by atoms with Crippen molar-refractivity contribution in [2.24, 2.45) is 5.73 Å². The molecule has 2 fully saturated rings. The van der Waals surface area contributed by atoms with Crippen LogP contribution in [-0.4, -0.2) is 40.7 Å². The first-order valence-corrected chi connectivity index (χ1v) is 9.26. The number of imide groups is 1. The maximum Gasteiger partial charge on any atom is 0.255 e. The number of hydrogen-bond donors (Lipinski definition) is 3. The molecular weight excluding hydrogens is 332 g/mol. The van der Waals surface area contributed by atoms with E-state index in [1.54, 1.807) is 4.90 Å². The quantitative estimate of drug-likeness (QED) is 0.678. The maximum absolute atomic E-state index is 12.7. The van der Waals surface area contributed by atoms with E-state index < -0.39 is 6.04 Å². The van der Waals surface area contributed by atoms with Gasteiger partial charge in [-0.3, -0.25) is 19.7 Å². The van der Waals surface area contributed by atoms with Crippen molar-refractivity contribution in [1.29, 1.82) is 0 Å². The van der Waals surface area contributed by atoms with E-state index in [1.165, 1.54) is 0 Å². The third-order valence-electron chi connectivity index (χ3n) is 5.66. The lowest BCUT2D eigenvalue weighted by Crippen LogP contribution is -2.52. The predicted octanol–water partition coefficient (Wildman–Crippen LogP) is 0.417. The lowest BCUT2D eigenvalue weighted by Gasteiger charge is -2.29. The van der Waals surface area contributed by atoms with Gasteiger partial charge in [-0.25, -0.2) is 0 Å². The number of nitrogens with one attached hydrogen (secondary N) is 2. The highest BCUT2D eigenvalue weighted by Gasteiger charge is 2.39. The van der Waals surface area contributed by atoms with Gasteiger partial charge in [-0.05, 0) is 42.9 Å². The lowest BCUT2D eigenvalue weighted by atomic mass is 10.0. The summed E-state index contributed by atoms with van der Waals surface area (Å²) in [6.45, 7) is 1.17. The minimum Gasteiger partial charge on any atom is -0.328 e. The Labute approximate surface area is 152 Å². The minimum absolute atomic E-state index is 0.129. The van der Waals surface area contributed by atoms with Crippen molar-refractivity contribution >= 4 is 17.7 Å². The summed E-state index contributed by atoms with van der Waals surface area (Å²) in [5.41, 5.74) is 8.68.